The van der Waals surface area contributed by atoms with Crippen LogP contribution in [0.1, 0.15) is 20.3 Å². The van der Waals surface area contributed by atoms with Gasteiger partial charge in [0, 0.05) is 32.7 Å². The van der Waals surface area contributed by atoms with E-state index in [1.165, 1.54) is 0 Å². The minimum Gasteiger partial charge on any atom is -0.481 e. The number of piperazine rings is 1. The van der Waals surface area contributed by atoms with Gasteiger partial charge in [0.1, 0.15) is 0 Å². The van der Waals surface area contributed by atoms with Gasteiger partial charge in [-0.15, -0.1) is 0 Å². The highest BCUT2D eigenvalue weighted by atomic mass is 16.4. The van der Waals surface area contributed by atoms with Crippen molar-refractivity contribution in [2.75, 3.05) is 39.3 Å². The molecule has 5 heteroatoms. The van der Waals surface area contributed by atoms with Gasteiger partial charge in [0.15, 0.2) is 0 Å². The van der Waals surface area contributed by atoms with Crippen LogP contribution in [0.15, 0.2) is 0 Å². The monoisotopic (exact) mass is 230 g/mol. The molecule has 1 rings (SSSR count). The normalized spacial score (nSPS) is 22.9. The van der Waals surface area contributed by atoms with Gasteiger partial charge in [-0.25, -0.2) is 0 Å². The molecule has 2 N–H and O–H groups in total. The molecule has 0 saturated carbocycles. The molecule has 0 spiro atoms. The molecular formula is C11H22N2O3. The molecule has 0 aromatic heterocycles. The predicted octanol–water partition coefficient (Wildman–Crippen LogP) is -0.150. The SMILES string of the molecule is CCN1CCN(CC(C)(O)CC(=O)O)CC1. The molecule has 16 heavy (non-hydrogen) atoms. The fraction of sp³-hybridized carbons (Fsp3) is 0.909. The molecule has 1 saturated heterocycles. The Morgan fingerprint density at radius 3 is 2.19 bits per heavy atom. The first-order chi connectivity index (χ1) is 7.43. The molecule has 0 radical (unpaired) electrons. The van der Waals surface area contributed by atoms with Crippen LogP contribution in [0.25, 0.3) is 0 Å². The Kier molecular flexibility index (Phi) is 4.70. The number of likely N-dealkylation sites (N-methyl/N-ethyl adjacent to an activating group) is 1. The molecule has 0 aromatic carbocycles. The maximum absolute atomic E-state index is 10.6. The topological polar surface area (TPSA) is 64.0 Å². The van der Waals surface area contributed by atoms with Gasteiger partial charge in [-0.2, -0.15) is 0 Å². The lowest BCUT2D eigenvalue weighted by atomic mass is 10.0. The Labute approximate surface area is 96.7 Å². The highest BCUT2D eigenvalue weighted by Gasteiger charge is 2.28. The number of nitrogens with zero attached hydrogens (tertiary/aromatic N) is 2. The highest BCUT2D eigenvalue weighted by molar-refractivity contribution is 5.68. The number of aliphatic hydroxyl groups is 1. The van der Waals surface area contributed by atoms with Crippen molar-refractivity contribution in [2.45, 2.75) is 25.9 Å². The third-order valence-electron chi connectivity index (χ3n) is 3.01. The quantitative estimate of drug-likeness (QED) is 0.687. The standard InChI is InChI=1S/C11H22N2O3/c1-3-12-4-6-13(7-5-12)9-11(2,16)8-10(14)15/h16H,3-9H2,1-2H3,(H,14,15). The van der Waals surface area contributed by atoms with Crippen LogP contribution < -0.4 is 0 Å². The van der Waals surface area contributed by atoms with E-state index in [0.29, 0.717) is 6.54 Å². The van der Waals surface area contributed by atoms with Crippen LogP contribution in [0.2, 0.25) is 0 Å². The average Bonchev–Trinajstić information content (AvgIpc) is 2.16. The summed E-state index contributed by atoms with van der Waals surface area (Å²) in [4.78, 5) is 15.1. The van der Waals surface area contributed by atoms with Crippen molar-refractivity contribution in [3.05, 3.63) is 0 Å². The van der Waals surface area contributed by atoms with Crippen LogP contribution in [0.4, 0.5) is 0 Å². The fourth-order valence-electron chi connectivity index (χ4n) is 2.13. The zero-order chi connectivity index (χ0) is 12.2. The molecule has 1 heterocycles. The third kappa shape index (κ3) is 4.47. The van der Waals surface area contributed by atoms with Crippen molar-refractivity contribution in [2.24, 2.45) is 0 Å². The Morgan fingerprint density at radius 1 is 1.25 bits per heavy atom. The molecule has 0 aliphatic carbocycles. The van der Waals surface area contributed by atoms with Gasteiger partial charge >= 0.3 is 5.97 Å². The van der Waals surface area contributed by atoms with Gasteiger partial charge < -0.3 is 15.1 Å². The molecular weight excluding hydrogens is 208 g/mol. The Bertz CT molecular complexity index is 235. The Balaban J connectivity index is 2.35. The van der Waals surface area contributed by atoms with E-state index in [-0.39, 0.29) is 6.42 Å². The second-order valence-corrected chi connectivity index (χ2v) is 4.78. The number of hydrogen-bond donors (Lipinski definition) is 2. The second-order valence-electron chi connectivity index (χ2n) is 4.78. The predicted molar refractivity (Wildman–Crippen MR) is 61.4 cm³/mol. The molecule has 1 aliphatic heterocycles. The average molecular weight is 230 g/mol. The molecule has 1 aliphatic rings. The van der Waals surface area contributed by atoms with E-state index >= 15 is 0 Å². The minimum absolute atomic E-state index is 0.193. The van der Waals surface area contributed by atoms with E-state index in [2.05, 4.69) is 16.7 Å². The fourth-order valence-corrected chi connectivity index (χ4v) is 2.13. The molecule has 94 valence electrons. The number of carbonyl (C=O) groups is 1. The lowest BCUT2D eigenvalue weighted by Crippen LogP contribution is -2.51. The molecule has 1 atom stereocenters. The molecule has 1 unspecified atom stereocenters. The molecule has 0 amide bonds. The summed E-state index contributed by atoms with van der Waals surface area (Å²) in [5, 5.41) is 18.6. The number of carboxylic acid groups (broad SMARTS) is 1. The molecule has 5 nitrogen and oxygen atoms in total. The Hall–Kier alpha value is -0.650. The maximum Gasteiger partial charge on any atom is 0.306 e. The summed E-state index contributed by atoms with van der Waals surface area (Å²) in [5.41, 5.74) is -1.12. The van der Waals surface area contributed by atoms with Crippen LogP contribution in [0, 0.1) is 0 Å². The number of carboxylic acids is 1. The summed E-state index contributed by atoms with van der Waals surface area (Å²) in [6.07, 6.45) is -0.193. The number of hydrogen-bond acceptors (Lipinski definition) is 4. The highest BCUT2D eigenvalue weighted by Crippen LogP contribution is 2.13. The summed E-state index contributed by atoms with van der Waals surface area (Å²) < 4.78 is 0. The van der Waals surface area contributed by atoms with Crippen molar-refractivity contribution in [3.8, 4) is 0 Å². The summed E-state index contributed by atoms with van der Waals surface area (Å²) in [7, 11) is 0. The van der Waals surface area contributed by atoms with Gasteiger partial charge in [-0.05, 0) is 13.5 Å². The smallest absolute Gasteiger partial charge is 0.306 e. The van der Waals surface area contributed by atoms with E-state index in [1.54, 1.807) is 6.92 Å². The van der Waals surface area contributed by atoms with Crippen molar-refractivity contribution in [3.63, 3.8) is 0 Å². The van der Waals surface area contributed by atoms with Crippen LogP contribution in [-0.4, -0.2) is 70.9 Å². The molecule has 0 aromatic rings. The third-order valence-corrected chi connectivity index (χ3v) is 3.01. The number of rotatable bonds is 5. The van der Waals surface area contributed by atoms with Crippen LogP contribution in [0.3, 0.4) is 0 Å². The Morgan fingerprint density at radius 2 is 1.75 bits per heavy atom. The van der Waals surface area contributed by atoms with E-state index < -0.39 is 11.6 Å². The van der Waals surface area contributed by atoms with Crippen molar-refractivity contribution < 1.29 is 15.0 Å². The summed E-state index contributed by atoms with van der Waals surface area (Å²) >= 11 is 0. The van der Waals surface area contributed by atoms with E-state index in [1.807, 2.05) is 0 Å². The first kappa shape index (κ1) is 13.4. The summed E-state index contributed by atoms with van der Waals surface area (Å²) in [5.74, 6) is -0.947. The van der Waals surface area contributed by atoms with E-state index in [9.17, 15) is 9.90 Å². The first-order valence-corrected chi connectivity index (χ1v) is 5.82. The van der Waals surface area contributed by atoms with Gasteiger partial charge in [0.25, 0.3) is 0 Å². The van der Waals surface area contributed by atoms with Crippen molar-refractivity contribution in [1.29, 1.82) is 0 Å². The van der Waals surface area contributed by atoms with Crippen molar-refractivity contribution in [1.82, 2.24) is 9.80 Å². The second kappa shape index (κ2) is 5.61. The number of β-amino-alcohol motifs (C(OH)–C–C–N with tert-alkyl or cyclic N) is 1. The van der Waals surface area contributed by atoms with Crippen LogP contribution in [-0.2, 0) is 4.79 Å². The van der Waals surface area contributed by atoms with Gasteiger partial charge in [0.2, 0.25) is 0 Å². The lowest BCUT2D eigenvalue weighted by Gasteiger charge is -2.37. The van der Waals surface area contributed by atoms with Gasteiger partial charge in [-0.3, -0.25) is 9.69 Å². The lowest BCUT2D eigenvalue weighted by molar-refractivity contribution is -0.142. The van der Waals surface area contributed by atoms with E-state index in [0.717, 1.165) is 32.7 Å². The van der Waals surface area contributed by atoms with Gasteiger partial charge in [0.05, 0.1) is 12.0 Å². The number of aliphatic carboxylic acids is 1. The van der Waals surface area contributed by atoms with Crippen LogP contribution in [0.5, 0.6) is 0 Å². The van der Waals surface area contributed by atoms with Crippen LogP contribution >= 0.6 is 0 Å². The largest absolute Gasteiger partial charge is 0.481 e. The van der Waals surface area contributed by atoms with Gasteiger partial charge in [-0.1, -0.05) is 6.92 Å². The zero-order valence-electron chi connectivity index (χ0n) is 10.1. The van der Waals surface area contributed by atoms with E-state index in [4.69, 9.17) is 5.11 Å². The molecule has 0 bridgehead atoms. The minimum atomic E-state index is -1.12. The summed E-state index contributed by atoms with van der Waals surface area (Å²) in [6.45, 7) is 9.03. The summed E-state index contributed by atoms with van der Waals surface area (Å²) in [6, 6.07) is 0. The van der Waals surface area contributed by atoms with Crippen molar-refractivity contribution >= 4 is 5.97 Å². The first-order valence-electron chi connectivity index (χ1n) is 5.82. The zero-order valence-corrected chi connectivity index (χ0v) is 10.1. The maximum atomic E-state index is 10.6. The molecule has 1 fully saturated rings.